The van der Waals surface area contributed by atoms with E-state index in [2.05, 4.69) is 19.2 Å². The highest BCUT2D eigenvalue weighted by Crippen LogP contribution is 2.33. The minimum atomic E-state index is -1.97. The van der Waals surface area contributed by atoms with E-state index in [0.29, 0.717) is 6.42 Å². The number of ether oxygens (including phenoxy) is 6. The van der Waals surface area contributed by atoms with Crippen LogP contribution in [0.4, 0.5) is 0 Å². The molecule has 1 amide bonds. The van der Waals surface area contributed by atoms with Crippen molar-refractivity contribution in [2.45, 2.75) is 253 Å². The first kappa shape index (κ1) is 58.8. The number of hydrogen-bond donors (Lipinski definition) is 12. The molecule has 0 aliphatic carbocycles. The first-order valence-corrected chi connectivity index (χ1v) is 24.9. The number of aliphatic hydroxyl groups excluding tert-OH is 11. The standard InChI is InChI=1S/C47H87NO18/c1-3-5-7-9-11-12-13-14-15-16-17-18-19-20-22-24-31(52)30(48-35(53)25-23-21-10-8-6-4-2)29-61-45-41(59)38(56)43(33(27-50)63-45)66-47-42(60)39(57)44(34(28-51)64-47)65-46-40(58)37(55)36(54)32(26-49)62-46/h22,24,30-34,36-47,49-52,54-60H,3-21,23,25-29H2,1-2H3,(H,48,53)/b24-22+. The average molecular weight is 954 g/mol. The summed E-state index contributed by atoms with van der Waals surface area (Å²) in [5.41, 5.74) is 0. The van der Waals surface area contributed by atoms with Crippen LogP contribution in [0, 0.1) is 0 Å². The molecule has 0 aromatic heterocycles. The monoisotopic (exact) mass is 954 g/mol. The van der Waals surface area contributed by atoms with Crippen molar-refractivity contribution in [1.29, 1.82) is 0 Å². The number of hydrogen-bond acceptors (Lipinski definition) is 18. The van der Waals surface area contributed by atoms with Crippen LogP contribution >= 0.6 is 0 Å². The topological polar surface area (TPSA) is 307 Å². The lowest BCUT2D eigenvalue weighted by Gasteiger charge is -2.48. The Morgan fingerprint density at radius 2 is 0.939 bits per heavy atom. The van der Waals surface area contributed by atoms with Gasteiger partial charge in [0.1, 0.15) is 73.2 Å². The van der Waals surface area contributed by atoms with Crippen molar-refractivity contribution in [2.24, 2.45) is 0 Å². The Kier molecular flexibility index (Phi) is 29.6. The molecule has 3 aliphatic heterocycles. The van der Waals surface area contributed by atoms with Gasteiger partial charge in [0, 0.05) is 6.42 Å². The summed E-state index contributed by atoms with van der Waals surface area (Å²) in [6.07, 6.45) is -0.225. The molecule has 0 aromatic carbocycles. The van der Waals surface area contributed by atoms with Crippen LogP contribution in [0.1, 0.15) is 149 Å². The molecule has 17 atom stereocenters. The van der Waals surface area contributed by atoms with Crippen LogP contribution in [-0.4, -0.2) is 193 Å². The van der Waals surface area contributed by atoms with Gasteiger partial charge in [0.15, 0.2) is 18.9 Å². The highest BCUT2D eigenvalue weighted by atomic mass is 16.8. The Labute approximate surface area is 391 Å². The summed E-state index contributed by atoms with van der Waals surface area (Å²) in [5.74, 6) is -0.287. The van der Waals surface area contributed by atoms with Gasteiger partial charge in [-0.2, -0.15) is 0 Å². The second kappa shape index (κ2) is 33.2. The van der Waals surface area contributed by atoms with E-state index in [1.165, 1.54) is 64.2 Å². The van der Waals surface area contributed by atoms with E-state index >= 15 is 0 Å². The zero-order valence-corrected chi connectivity index (χ0v) is 39.4. The third kappa shape index (κ3) is 19.4. The number of aliphatic hydroxyl groups is 11. The van der Waals surface area contributed by atoms with Crippen molar-refractivity contribution in [3.8, 4) is 0 Å². The van der Waals surface area contributed by atoms with Crippen LogP contribution < -0.4 is 5.32 Å². The molecule has 3 rings (SSSR count). The van der Waals surface area contributed by atoms with E-state index in [9.17, 15) is 61.0 Å². The second-order valence-electron chi connectivity index (χ2n) is 18.3. The first-order valence-electron chi connectivity index (χ1n) is 24.9. The zero-order chi connectivity index (χ0) is 48.4. The average Bonchev–Trinajstić information content (AvgIpc) is 3.31. The molecule has 3 fully saturated rings. The van der Waals surface area contributed by atoms with E-state index in [4.69, 9.17) is 28.4 Å². The lowest BCUT2D eigenvalue weighted by atomic mass is 9.96. The summed E-state index contributed by atoms with van der Waals surface area (Å²) in [5, 5.41) is 119. The van der Waals surface area contributed by atoms with Crippen LogP contribution in [0.25, 0.3) is 0 Å². The lowest BCUT2D eigenvalue weighted by molar-refractivity contribution is -0.379. The van der Waals surface area contributed by atoms with Gasteiger partial charge in [-0.1, -0.05) is 135 Å². The molecule has 12 N–H and O–H groups in total. The summed E-state index contributed by atoms with van der Waals surface area (Å²) in [4.78, 5) is 13.0. The molecule has 0 bridgehead atoms. The Balaban J connectivity index is 1.55. The van der Waals surface area contributed by atoms with E-state index in [1.54, 1.807) is 6.08 Å². The third-order valence-corrected chi connectivity index (χ3v) is 12.8. The molecule has 19 heteroatoms. The van der Waals surface area contributed by atoms with Crippen molar-refractivity contribution < 1.29 is 89.4 Å². The number of carbonyl (C=O) groups is 1. The molecular weight excluding hydrogens is 867 g/mol. The quantitative estimate of drug-likeness (QED) is 0.0317. The van der Waals surface area contributed by atoms with Gasteiger partial charge in [-0.3, -0.25) is 4.79 Å². The van der Waals surface area contributed by atoms with Crippen LogP contribution in [0.5, 0.6) is 0 Å². The molecule has 3 aliphatic rings. The van der Waals surface area contributed by atoms with Crippen LogP contribution in [0.15, 0.2) is 12.2 Å². The van der Waals surface area contributed by atoms with Crippen molar-refractivity contribution >= 4 is 5.91 Å². The molecule has 3 saturated heterocycles. The maximum absolute atomic E-state index is 13.0. The molecule has 0 aromatic rings. The minimum absolute atomic E-state index is 0.242. The van der Waals surface area contributed by atoms with E-state index in [-0.39, 0.29) is 18.9 Å². The zero-order valence-electron chi connectivity index (χ0n) is 39.4. The van der Waals surface area contributed by atoms with Gasteiger partial charge in [-0.15, -0.1) is 0 Å². The van der Waals surface area contributed by atoms with Crippen molar-refractivity contribution in [2.75, 3.05) is 26.4 Å². The second-order valence-corrected chi connectivity index (χ2v) is 18.3. The minimum Gasteiger partial charge on any atom is -0.394 e. The van der Waals surface area contributed by atoms with Gasteiger partial charge in [0.2, 0.25) is 5.91 Å². The summed E-state index contributed by atoms with van der Waals surface area (Å²) >= 11 is 0. The number of carbonyl (C=O) groups excluding carboxylic acids is 1. The molecule has 0 spiro atoms. The van der Waals surface area contributed by atoms with Gasteiger partial charge >= 0.3 is 0 Å². The van der Waals surface area contributed by atoms with Crippen molar-refractivity contribution in [3.63, 3.8) is 0 Å². The Hall–Kier alpha value is -1.47. The molecule has 19 nitrogen and oxygen atoms in total. The number of nitrogens with one attached hydrogen (secondary N) is 1. The fourth-order valence-corrected chi connectivity index (χ4v) is 8.60. The number of rotatable bonds is 34. The van der Waals surface area contributed by atoms with Gasteiger partial charge in [0.05, 0.1) is 38.6 Å². The fraction of sp³-hybridized carbons (Fsp3) is 0.936. The summed E-state index contributed by atoms with van der Waals surface area (Å²) < 4.78 is 34.0. The SMILES string of the molecule is CCCCCCCCCCCCCCC/C=C/C(O)C(COC1OC(CO)C(OC2OC(CO)C(OC3OC(CO)C(O)C(O)C3O)C(O)C2O)C(O)C1O)NC(=O)CCCCCCCC. The van der Waals surface area contributed by atoms with Gasteiger partial charge in [0.25, 0.3) is 0 Å². The van der Waals surface area contributed by atoms with Gasteiger partial charge in [-0.05, 0) is 19.3 Å². The summed E-state index contributed by atoms with van der Waals surface area (Å²) in [6.45, 7) is 1.60. The van der Waals surface area contributed by atoms with E-state index in [0.717, 1.165) is 57.8 Å². The third-order valence-electron chi connectivity index (χ3n) is 12.8. The normalized spacial score (nSPS) is 33.9. The van der Waals surface area contributed by atoms with Gasteiger partial charge < -0.3 is 89.9 Å². The molecular formula is C47H87NO18. The van der Waals surface area contributed by atoms with Crippen LogP contribution in [0.3, 0.4) is 0 Å². The highest BCUT2D eigenvalue weighted by Gasteiger charge is 2.53. The first-order chi connectivity index (χ1) is 31.8. The maximum Gasteiger partial charge on any atom is 0.220 e. The van der Waals surface area contributed by atoms with Crippen LogP contribution in [0.2, 0.25) is 0 Å². The van der Waals surface area contributed by atoms with Crippen LogP contribution in [-0.2, 0) is 33.2 Å². The van der Waals surface area contributed by atoms with Crippen molar-refractivity contribution in [3.05, 3.63) is 12.2 Å². The Morgan fingerprint density at radius 1 is 0.530 bits per heavy atom. The predicted octanol–water partition coefficient (Wildman–Crippen LogP) is 1.09. The van der Waals surface area contributed by atoms with Gasteiger partial charge in [-0.25, -0.2) is 0 Å². The molecule has 3 heterocycles. The number of unbranched alkanes of at least 4 members (excludes halogenated alkanes) is 18. The smallest absolute Gasteiger partial charge is 0.220 e. The summed E-state index contributed by atoms with van der Waals surface area (Å²) in [6, 6.07) is -0.962. The summed E-state index contributed by atoms with van der Waals surface area (Å²) in [7, 11) is 0. The van der Waals surface area contributed by atoms with E-state index < -0.39 is 124 Å². The molecule has 388 valence electrons. The molecule has 0 radical (unpaired) electrons. The predicted molar refractivity (Wildman–Crippen MR) is 240 cm³/mol. The Morgan fingerprint density at radius 3 is 1.42 bits per heavy atom. The molecule has 0 saturated carbocycles. The maximum atomic E-state index is 13.0. The number of allylic oxidation sites excluding steroid dienone is 1. The molecule has 66 heavy (non-hydrogen) atoms. The number of amides is 1. The largest absolute Gasteiger partial charge is 0.394 e. The van der Waals surface area contributed by atoms with Crippen molar-refractivity contribution in [1.82, 2.24) is 5.32 Å². The Bertz CT molecular complexity index is 1280. The lowest BCUT2D eigenvalue weighted by Crippen LogP contribution is -2.66. The van der Waals surface area contributed by atoms with E-state index in [1.807, 2.05) is 6.08 Å². The molecule has 17 unspecified atom stereocenters. The fourth-order valence-electron chi connectivity index (χ4n) is 8.60. The highest BCUT2D eigenvalue weighted by molar-refractivity contribution is 5.76.